The molecule has 0 aromatic carbocycles. The standard InChI is InChI=1S/C5H12.C4H11N3/c1-4-5(2)3;5-7-3-1-6-2-4-7/h5H,4H2,1-3H3;6H,1-5H2. The molecule has 1 fully saturated rings. The third-order valence-corrected chi connectivity index (χ3v) is 1.97. The number of rotatable bonds is 1. The van der Waals surface area contributed by atoms with E-state index in [1.807, 2.05) is 5.01 Å². The Hall–Kier alpha value is -0.120. The average molecular weight is 173 g/mol. The van der Waals surface area contributed by atoms with Gasteiger partial charge >= 0.3 is 0 Å². The largest absolute Gasteiger partial charge is 0.314 e. The number of nitrogens with one attached hydrogen (secondary N) is 1. The Balaban J connectivity index is 0.000000217. The molecule has 1 aliphatic rings. The minimum atomic E-state index is 0.884. The highest BCUT2D eigenvalue weighted by molar-refractivity contribution is 4.60. The van der Waals surface area contributed by atoms with Crippen molar-refractivity contribution in [2.45, 2.75) is 27.2 Å². The second-order valence-corrected chi connectivity index (χ2v) is 3.59. The van der Waals surface area contributed by atoms with Crippen LogP contribution in [0.1, 0.15) is 27.2 Å². The zero-order valence-corrected chi connectivity index (χ0v) is 8.64. The summed E-state index contributed by atoms with van der Waals surface area (Å²) in [5.74, 6) is 6.31. The fraction of sp³-hybridized carbons (Fsp3) is 1.00. The molecule has 0 aromatic rings. The Morgan fingerprint density at radius 1 is 1.33 bits per heavy atom. The van der Waals surface area contributed by atoms with Crippen molar-refractivity contribution in [1.82, 2.24) is 10.3 Å². The molecule has 0 unspecified atom stereocenters. The summed E-state index contributed by atoms with van der Waals surface area (Å²) in [5, 5.41) is 5.02. The summed E-state index contributed by atoms with van der Waals surface area (Å²) in [6.45, 7) is 10.7. The van der Waals surface area contributed by atoms with E-state index in [-0.39, 0.29) is 0 Å². The van der Waals surface area contributed by atoms with Crippen LogP contribution in [0.15, 0.2) is 0 Å². The van der Waals surface area contributed by atoms with Gasteiger partial charge in [0.15, 0.2) is 0 Å². The quantitative estimate of drug-likeness (QED) is 0.577. The van der Waals surface area contributed by atoms with Gasteiger partial charge < -0.3 is 5.32 Å². The summed E-state index contributed by atoms with van der Waals surface area (Å²) < 4.78 is 0. The van der Waals surface area contributed by atoms with Crippen molar-refractivity contribution in [1.29, 1.82) is 0 Å². The minimum Gasteiger partial charge on any atom is -0.314 e. The summed E-state index contributed by atoms with van der Waals surface area (Å²) >= 11 is 0. The number of hydrogen-bond donors (Lipinski definition) is 2. The predicted molar refractivity (Wildman–Crippen MR) is 53.8 cm³/mol. The molecule has 0 bridgehead atoms. The highest BCUT2D eigenvalue weighted by Gasteiger charge is 2.01. The van der Waals surface area contributed by atoms with Crippen LogP contribution in [-0.4, -0.2) is 31.2 Å². The van der Waals surface area contributed by atoms with E-state index >= 15 is 0 Å². The molecule has 0 aliphatic carbocycles. The molecule has 3 nitrogen and oxygen atoms in total. The maximum absolute atomic E-state index is 5.43. The number of nitrogens with two attached hydrogens (primary N) is 1. The Morgan fingerprint density at radius 2 is 1.75 bits per heavy atom. The molecule has 1 aliphatic heterocycles. The molecule has 3 heteroatoms. The number of hydrogen-bond acceptors (Lipinski definition) is 3. The molecule has 1 heterocycles. The zero-order chi connectivity index (χ0) is 9.40. The first kappa shape index (κ1) is 11.9. The molecule has 1 saturated heterocycles. The topological polar surface area (TPSA) is 41.3 Å². The lowest BCUT2D eigenvalue weighted by Gasteiger charge is -2.21. The van der Waals surface area contributed by atoms with Gasteiger partial charge in [0.1, 0.15) is 0 Å². The van der Waals surface area contributed by atoms with E-state index in [4.69, 9.17) is 5.84 Å². The van der Waals surface area contributed by atoms with Gasteiger partial charge in [0.25, 0.3) is 0 Å². The lowest BCUT2D eigenvalue weighted by molar-refractivity contribution is 0.248. The smallest absolute Gasteiger partial charge is 0.0254 e. The van der Waals surface area contributed by atoms with Gasteiger partial charge in [-0.2, -0.15) is 0 Å². The lowest BCUT2D eigenvalue weighted by Crippen LogP contribution is -2.47. The maximum Gasteiger partial charge on any atom is 0.0254 e. The van der Waals surface area contributed by atoms with Crippen LogP contribution < -0.4 is 11.2 Å². The van der Waals surface area contributed by atoms with Crippen LogP contribution in [0.5, 0.6) is 0 Å². The lowest BCUT2D eigenvalue weighted by atomic mass is 10.2. The summed E-state index contributed by atoms with van der Waals surface area (Å²) in [6, 6.07) is 0. The van der Waals surface area contributed by atoms with Gasteiger partial charge in [-0.15, -0.1) is 0 Å². The van der Waals surface area contributed by atoms with Crippen LogP contribution in [-0.2, 0) is 0 Å². The first-order valence-corrected chi connectivity index (χ1v) is 4.87. The van der Waals surface area contributed by atoms with Crippen molar-refractivity contribution in [2.75, 3.05) is 26.2 Å². The van der Waals surface area contributed by atoms with Gasteiger partial charge in [-0.1, -0.05) is 27.2 Å². The average Bonchev–Trinajstić information content (AvgIpc) is 2.07. The maximum atomic E-state index is 5.43. The molecule has 12 heavy (non-hydrogen) atoms. The van der Waals surface area contributed by atoms with E-state index in [0.717, 1.165) is 32.1 Å². The van der Waals surface area contributed by atoms with Gasteiger partial charge in [-0.3, -0.25) is 5.84 Å². The SMILES string of the molecule is CCC(C)C.NN1CCNCC1. The molecular formula is C9H23N3. The first-order chi connectivity index (χ1) is 5.66. The normalized spacial score (nSPS) is 18.8. The predicted octanol–water partition coefficient (Wildman–Crippen LogP) is 0.818. The van der Waals surface area contributed by atoms with Gasteiger partial charge in [-0.05, 0) is 5.92 Å². The number of hydrazine groups is 1. The van der Waals surface area contributed by atoms with Gasteiger partial charge in [0.2, 0.25) is 0 Å². The van der Waals surface area contributed by atoms with Crippen molar-refractivity contribution in [3.63, 3.8) is 0 Å². The Labute approximate surface area is 76.3 Å². The van der Waals surface area contributed by atoms with E-state index in [0.29, 0.717) is 0 Å². The van der Waals surface area contributed by atoms with Crippen LogP contribution >= 0.6 is 0 Å². The van der Waals surface area contributed by atoms with Gasteiger partial charge in [0, 0.05) is 26.2 Å². The van der Waals surface area contributed by atoms with Crippen LogP contribution in [0, 0.1) is 5.92 Å². The molecule has 3 N–H and O–H groups in total. The van der Waals surface area contributed by atoms with E-state index in [1.165, 1.54) is 6.42 Å². The molecule has 74 valence electrons. The van der Waals surface area contributed by atoms with Crippen molar-refractivity contribution in [3.8, 4) is 0 Å². The van der Waals surface area contributed by atoms with Gasteiger partial charge in [-0.25, -0.2) is 5.01 Å². The summed E-state index contributed by atoms with van der Waals surface area (Å²) in [4.78, 5) is 0. The molecule has 0 radical (unpaired) electrons. The monoisotopic (exact) mass is 173 g/mol. The Kier molecular flexibility index (Phi) is 7.45. The van der Waals surface area contributed by atoms with Crippen LogP contribution in [0.25, 0.3) is 0 Å². The Morgan fingerprint density at radius 3 is 1.92 bits per heavy atom. The molecule has 0 spiro atoms. The van der Waals surface area contributed by atoms with E-state index in [9.17, 15) is 0 Å². The fourth-order valence-electron chi connectivity index (χ4n) is 0.682. The Bertz CT molecular complexity index is 87.8. The summed E-state index contributed by atoms with van der Waals surface area (Å²) in [5.41, 5.74) is 0. The molecule has 0 atom stereocenters. The molecule has 0 aromatic heterocycles. The minimum absolute atomic E-state index is 0.884. The number of nitrogens with zero attached hydrogens (tertiary/aromatic N) is 1. The van der Waals surface area contributed by atoms with Crippen LogP contribution in [0.2, 0.25) is 0 Å². The van der Waals surface area contributed by atoms with Crippen LogP contribution in [0.4, 0.5) is 0 Å². The van der Waals surface area contributed by atoms with Crippen molar-refractivity contribution in [2.24, 2.45) is 11.8 Å². The van der Waals surface area contributed by atoms with Crippen molar-refractivity contribution >= 4 is 0 Å². The second-order valence-electron chi connectivity index (χ2n) is 3.59. The molecule has 0 amide bonds. The molecule has 0 saturated carbocycles. The fourth-order valence-corrected chi connectivity index (χ4v) is 0.682. The van der Waals surface area contributed by atoms with E-state index < -0.39 is 0 Å². The zero-order valence-electron chi connectivity index (χ0n) is 8.64. The molecule has 1 rings (SSSR count). The van der Waals surface area contributed by atoms with Crippen LogP contribution in [0.3, 0.4) is 0 Å². The third-order valence-electron chi connectivity index (χ3n) is 1.97. The summed E-state index contributed by atoms with van der Waals surface area (Å²) in [7, 11) is 0. The van der Waals surface area contributed by atoms with Crippen molar-refractivity contribution in [3.05, 3.63) is 0 Å². The number of piperazine rings is 1. The molecular weight excluding hydrogens is 150 g/mol. The van der Waals surface area contributed by atoms with E-state index in [1.54, 1.807) is 0 Å². The van der Waals surface area contributed by atoms with E-state index in [2.05, 4.69) is 26.1 Å². The third kappa shape index (κ3) is 7.98. The first-order valence-electron chi connectivity index (χ1n) is 4.87. The summed E-state index contributed by atoms with van der Waals surface area (Å²) in [6.07, 6.45) is 1.31. The highest BCUT2D eigenvalue weighted by Crippen LogP contribution is 1.93. The second kappa shape index (κ2) is 7.53. The van der Waals surface area contributed by atoms with Crippen molar-refractivity contribution < 1.29 is 0 Å². The van der Waals surface area contributed by atoms with Gasteiger partial charge in [0.05, 0.1) is 0 Å². The highest BCUT2D eigenvalue weighted by atomic mass is 15.4.